The summed E-state index contributed by atoms with van der Waals surface area (Å²) in [7, 11) is -2.94. The lowest BCUT2D eigenvalue weighted by molar-refractivity contribution is 0.582. The molecule has 1 aliphatic rings. The molecule has 2 aromatic carbocycles. The Bertz CT molecular complexity index is 739. The van der Waals surface area contributed by atoms with Gasteiger partial charge in [-0.3, -0.25) is 0 Å². The fourth-order valence-electron chi connectivity index (χ4n) is 3.20. The second-order valence-corrected chi connectivity index (χ2v) is 8.54. The third kappa shape index (κ3) is 3.58. The van der Waals surface area contributed by atoms with Crippen LogP contribution in [0.15, 0.2) is 54.6 Å². The normalized spacial score (nSPS) is 18.3. The van der Waals surface area contributed by atoms with Crippen molar-refractivity contribution < 1.29 is 8.42 Å². The van der Waals surface area contributed by atoms with E-state index >= 15 is 0 Å². The zero-order chi connectivity index (χ0) is 16.3. The van der Waals surface area contributed by atoms with Gasteiger partial charge in [-0.15, -0.1) is 0 Å². The summed E-state index contributed by atoms with van der Waals surface area (Å²) in [6, 6.07) is 18.7. The van der Waals surface area contributed by atoms with E-state index in [2.05, 4.69) is 41.3 Å². The van der Waals surface area contributed by atoms with E-state index in [-0.39, 0.29) is 5.25 Å². The topological polar surface area (TPSA) is 37.4 Å². The maximum atomic E-state index is 12.2. The van der Waals surface area contributed by atoms with Crippen LogP contribution in [0.1, 0.15) is 19.8 Å². The van der Waals surface area contributed by atoms with Crippen molar-refractivity contribution in [3.05, 3.63) is 54.6 Å². The highest BCUT2D eigenvalue weighted by atomic mass is 32.2. The van der Waals surface area contributed by atoms with E-state index in [1.165, 1.54) is 11.1 Å². The average molecular weight is 329 g/mol. The van der Waals surface area contributed by atoms with Crippen LogP contribution >= 0.6 is 0 Å². The lowest BCUT2D eigenvalue weighted by atomic mass is 10.1. The van der Waals surface area contributed by atoms with Crippen LogP contribution < -0.4 is 4.90 Å². The number of benzene rings is 2. The van der Waals surface area contributed by atoms with Crippen molar-refractivity contribution in [2.45, 2.75) is 25.0 Å². The number of hydrogen-bond donors (Lipinski definition) is 0. The van der Waals surface area contributed by atoms with Gasteiger partial charge in [-0.25, -0.2) is 8.42 Å². The van der Waals surface area contributed by atoms with Gasteiger partial charge >= 0.3 is 0 Å². The molecule has 0 saturated carbocycles. The molecule has 3 rings (SSSR count). The molecule has 0 N–H and O–H groups in total. The Morgan fingerprint density at radius 1 is 1.00 bits per heavy atom. The Kier molecular flexibility index (Phi) is 4.71. The molecule has 1 heterocycles. The first-order valence-electron chi connectivity index (χ1n) is 8.22. The van der Waals surface area contributed by atoms with Gasteiger partial charge in [0, 0.05) is 18.8 Å². The first-order chi connectivity index (χ1) is 11.1. The molecule has 4 heteroatoms. The van der Waals surface area contributed by atoms with Crippen LogP contribution in [0.4, 0.5) is 5.69 Å². The molecule has 0 aliphatic carbocycles. The molecule has 0 amide bonds. The molecule has 1 aliphatic heterocycles. The van der Waals surface area contributed by atoms with Gasteiger partial charge in [0.2, 0.25) is 0 Å². The van der Waals surface area contributed by atoms with Gasteiger partial charge < -0.3 is 4.90 Å². The second kappa shape index (κ2) is 6.75. The van der Waals surface area contributed by atoms with Crippen molar-refractivity contribution in [3.8, 4) is 11.1 Å². The predicted octanol–water partition coefficient (Wildman–Crippen LogP) is 3.76. The van der Waals surface area contributed by atoms with E-state index in [0.29, 0.717) is 18.7 Å². The smallest absolute Gasteiger partial charge is 0.154 e. The lowest BCUT2D eigenvalue weighted by Crippen LogP contribution is -2.28. The van der Waals surface area contributed by atoms with Crippen LogP contribution in [0.25, 0.3) is 11.1 Å². The van der Waals surface area contributed by atoms with Gasteiger partial charge in [0.15, 0.2) is 9.84 Å². The number of hydrogen-bond acceptors (Lipinski definition) is 3. The molecular weight excluding hydrogens is 306 g/mol. The molecule has 2 aromatic rings. The first kappa shape index (κ1) is 16.1. The molecule has 1 unspecified atom stereocenters. The molecular formula is C19H23NO2S. The molecule has 0 aromatic heterocycles. The predicted molar refractivity (Wildman–Crippen MR) is 96.6 cm³/mol. The summed E-state index contributed by atoms with van der Waals surface area (Å²) >= 11 is 0. The van der Waals surface area contributed by atoms with Crippen LogP contribution in [-0.2, 0) is 9.84 Å². The van der Waals surface area contributed by atoms with Crippen LogP contribution in [0.3, 0.4) is 0 Å². The number of sulfone groups is 1. The van der Waals surface area contributed by atoms with Crippen molar-refractivity contribution in [3.63, 3.8) is 0 Å². The standard InChI is InChI=1S/C19H23NO2S/c1-2-14-23(21,22)19-12-13-20(15-19)18-10-8-17(9-11-18)16-6-4-3-5-7-16/h3-11,19H,2,12-15H2,1H3. The summed E-state index contributed by atoms with van der Waals surface area (Å²) in [5, 5.41) is -0.212. The summed E-state index contributed by atoms with van der Waals surface area (Å²) in [5.74, 6) is 0.304. The van der Waals surface area contributed by atoms with Gasteiger partial charge in [0.1, 0.15) is 0 Å². The van der Waals surface area contributed by atoms with Crippen LogP contribution in [-0.4, -0.2) is 32.5 Å². The molecule has 23 heavy (non-hydrogen) atoms. The molecule has 0 spiro atoms. The monoisotopic (exact) mass is 329 g/mol. The van der Waals surface area contributed by atoms with Gasteiger partial charge in [0.25, 0.3) is 0 Å². The third-order valence-corrected chi connectivity index (χ3v) is 6.86. The Hall–Kier alpha value is -1.81. The fraction of sp³-hybridized carbons (Fsp3) is 0.368. The summed E-state index contributed by atoms with van der Waals surface area (Å²) in [6.07, 6.45) is 1.44. The van der Waals surface area contributed by atoms with Crippen molar-refractivity contribution >= 4 is 15.5 Å². The maximum Gasteiger partial charge on any atom is 0.154 e. The molecule has 1 atom stereocenters. The molecule has 3 nitrogen and oxygen atoms in total. The minimum Gasteiger partial charge on any atom is -0.370 e. The zero-order valence-corrected chi connectivity index (χ0v) is 14.3. The highest BCUT2D eigenvalue weighted by molar-refractivity contribution is 7.92. The van der Waals surface area contributed by atoms with Crippen LogP contribution in [0.5, 0.6) is 0 Å². The molecule has 0 bridgehead atoms. The summed E-state index contributed by atoms with van der Waals surface area (Å²) in [5.41, 5.74) is 3.49. The SMILES string of the molecule is CCCS(=O)(=O)C1CCN(c2ccc(-c3ccccc3)cc2)C1. The summed E-state index contributed by atoms with van der Waals surface area (Å²) in [4.78, 5) is 2.19. The van der Waals surface area contributed by atoms with Gasteiger partial charge in [-0.05, 0) is 36.1 Å². The van der Waals surface area contributed by atoms with Crippen LogP contribution in [0.2, 0.25) is 0 Å². The number of rotatable bonds is 5. The third-order valence-electron chi connectivity index (χ3n) is 4.48. The van der Waals surface area contributed by atoms with Gasteiger partial charge in [0.05, 0.1) is 11.0 Å². The molecule has 122 valence electrons. The van der Waals surface area contributed by atoms with Crippen molar-refractivity contribution in [2.24, 2.45) is 0 Å². The lowest BCUT2D eigenvalue weighted by Gasteiger charge is -2.19. The largest absolute Gasteiger partial charge is 0.370 e. The summed E-state index contributed by atoms with van der Waals surface area (Å²) in [6.45, 7) is 3.36. The first-order valence-corrected chi connectivity index (χ1v) is 9.93. The van der Waals surface area contributed by atoms with E-state index in [1.54, 1.807) is 0 Å². The second-order valence-electron chi connectivity index (χ2n) is 6.14. The van der Waals surface area contributed by atoms with E-state index in [0.717, 1.165) is 18.7 Å². The van der Waals surface area contributed by atoms with E-state index in [1.807, 2.05) is 25.1 Å². The molecule has 1 fully saturated rings. The minimum atomic E-state index is -2.94. The fourth-order valence-corrected chi connectivity index (χ4v) is 4.98. The zero-order valence-electron chi connectivity index (χ0n) is 13.5. The average Bonchev–Trinajstić information content (AvgIpc) is 3.07. The van der Waals surface area contributed by atoms with Gasteiger partial charge in [-0.2, -0.15) is 0 Å². The Morgan fingerprint density at radius 2 is 1.65 bits per heavy atom. The van der Waals surface area contributed by atoms with Crippen molar-refractivity contribution in [1.29, 1.82) is 0 Å². The molecule has 1 saturated heterocycles. The number of nitrogens with zero attached hydrogens (tertiary/aromatic N) is 1. The quantitative estimate of drug-likeness (QED) is 0.838. The molecule has 0 radical (unpaired) electrons. The van der Waals surface area contributed by atoms with Crippen LogP contribution in [0, 0.1) is 0 Å². The van der Waals surface area contributed by atoms with E-state index in [4.69, 9.17) is 0 Å². The van der Waals surface area contributed by atoms with Crippen molar-refractivity contribution in [1.82, 2.24) is 0 Å². The van der Waals surface area contributed by atoms with E-state index < -0.39 is 9.84 Å². The number of anilines is 1. The Morgan fingerprint density at radius 3 is 2.30 bits per heavy atom. The minimum absolute atomic E-state index is 0.212. The van der Waals surface area contributed by atoms with Crippen molar-refractivity contribution in [2.75, 3.05) is 23.7 Å². The highest BCUT2D eigenvalue weighted by Crippen LogP contribution is 2.27. The summed E-state index contributed by atoms with van der Waals surface area (Å²) < 4.78 is 24.4. The maximum absolute atomic E-state index is 12.2. The van der Waals surface area contributed by atoms with Gasteiger partial charge in [-0.1, -0.05) is 49.4 Å². The Balaban J connectivity index is 1.72. The highest BCUT2D eigenvalue weighted by Gasteiger charge is 2.32. The Labute approximate surface area is 138 Å². The van der Waals surface area contributed by atoms with E-state index in [9.17, 15) is 8.42 Å².